The van der Waals surface area contributed by atoms with Crippen molar-refractivity contribution in [2.45, 2.75) is 39.2 Å². The Morgan fingerprint density at radius 2 is 1.74 bits per heavy atom. The minimum atomic E-state index is -0.322. The van der Waals surface area contributed by atoms with Gasteiger partial charge in [0, 0.05) is 31.3 Å². The molecule has 0 spiro atoms. The van der Waals surface area contributed by atoms with Gasteiger partial charge in [0.25, 0.3) is 0 Å². The highest BCUT2D eigenvalue weighted by Gasteiger charge is 2.23. The Morgan fingerprint density at radius 1 is 0.930 bits per heavy atom. The molecule has 6 rings (SSSR count). The molecule has 0 unspecified atom stereocenters. The molecule has 1 saturated heterocycles. The van der Waals surface area contributed by atoms with Gasteiger partial charge in [-0.3, -0.25) is 4.90 Å². The van der Waals surface area contributed by atoms with E-state index in [1.165, 1.54) is 0 Å². The quantitative estimate of drug-likeness (QED) is 0.231. The molecule has 220 valence electrons. The molecule has 2 aliphatic rings. The van der Waals surface area contributed by atoms with Crippen molar-refractivity contribution in [3.05, 3.63) is 106 Å². The van der Waals surface area contributed by atoms with Gasteiger partial charge in [-0.05, 0) is 71.5 Å². The molecule has 0 aromatic heterocycles. The molecule has 0 saturated carbocycles. The first-order valence-electron chi connectivity index (χ1n) is 14.4. The summed E-state index contributed by atoms with van der Waals surface area (Å²) in [6, 6.07) is 25.5. The van der Waals surface area contributed by atoms with Crippen molar-refractivity contribution < 1.29 is 24.1 Å². The predicted octanol–water partition coefficient (Wildman–Crippen LogP) is 6.68. The topological polar surface area (TPSA) is 84.2 Å². The molecule has 0 amide bonds. The van der Waals surface area contributed by atoms with Crippen molar-refractivity contribution in [2.75, 3.05) is 26.3 Å². The molecule has 4 aromatic rings. The summed E-state index contributed by atoms with van der Waals surface area (Å²) in [5, 5.41) is 19.8. The normalized spacial score (nSPS) is 16.1. The maximum atomic E-state index is 10.0. The summed E-state index contributed by atoms with van der Waals surface area (Å²) >= 11 is 6.76. The Bertz CT molecular complexity index is 1670. The van der Waals surface area contributed by atoms with Gasteiger partial charge in [-0.15, -0.1) is 0 Å². The van der Waals surface area contributed by atoms with Crippen LogP contribution in [0.5, 0.6) is 23.0 Å². The molecular formula is C35H33ClN2O5. The van der Waals surface area contributed by atoms with Crippen LogP contribution in [0.1, 0.15) is 34.2 Å². The van der Waals surface area contributed by atoms with Crippen molar-refractivity contribution in [3.8, 4) is 40.2 Å². The van der Waals surface area contributed by atoms with E-state index in [-0.39, 0.29) is 6.10 Å². The number of nitrogens with zero attached hydrogens (tertiary/aromatic N) is 2. The molecule has 43 heavy (non-hydrogen) atoms. The van der Waals surface area contributed by atoms with Crippen LogP contribution in [-0.2, 0) is 19.8 Å². The largest absolute Gasteiger partial charge is 0.488 e. The molecular weight excluding hydrogens is 564 g/mol. The van der Waals surface area contributed by atoms with Crippen molar-refractivity contribution in [1.82, 2.24) is 4.90 Å². The summed E-state index contributed by atoms with van der Waals surface area (Å²) in [5.41, 5.74) is 6.68. The highest BCUT2D eigenvalue weighted by atomic mass is 35.5. The zero-order valence-electron chi connectivity index (χ0n) is 24.0. The van der Waals surface area contributed by atoms with E-state index in [0.717, 1.165) is 57.8 Å². The number of likely N-dealkylation sites (tertiary alicyclic amines) is 1. The van der Waals surface area contributed by atoms with E-state index in [9.17, 15) is 10.4 Å². The van der Waals surface area contributed by atoms with E-state index in [1.807, 2.05) is 54.6 Å². The lowest BCUT2D eigenvalue weighted by molar-refractivity contribution is 0.171. The third-order valence-corrected chi connectivity index (χ3v) is 8.18. The fraction of sp³-hybridized carbons (Fsp3) is 0.286. The Kier molecular flexibility index (Phi) is 8.71. The zero-order chi connectivity index (χ0) is 29.8. The van der Waals surface area contributed by atoms with Gasteiger partial charge in [0.2, 0.25) is 0 Å². The fourth-order valence-electron chi connectivity index (χ4n) is 5.55. The van der Waals surface area contributed by atoms with E-state index in [1.54, 1.807) is 6.07 Å². The monoisotopic (exact) mass is 596 g/mol. The van der Waals surface area contributed by atoms with Crippen molar-refractivity contribution in [2.24, 2.45) is 0 Å². The zero-order valence-corrected chi connectivity index (χ0v) is 24.8. The number of ether oxygens (including phenoxy) is 4. The van der Waals surface area contributed by atoms with Crippen LogP contribution in [0.3, 0.4) is 0 Å². The number of fused-ring (bicyclic) bond motifs is 1. The van der Waals surface area contributed by atoms with Crippen LogP contribution < -0.4 is 18.9 Å². The van der Waals surface area contributed by atoms with Crippen LogP contribution >= 0.6 is 11.6 Å². The highest BCUT2D eigenvalue weighted by molar-refractivity contribution is 6.32. The minimum absolute atomic E-state index is 0.295. The number of β-amino-alcohol motifs (C(OH)–C–C–N with tert-alkyl or cyclic N) is 1. The molecule has 7 nitrogen and oxygen atoms in total. The van der Waals surface area contributed by atoms with E-state index in [4.69, 9.17) is 30.5 Å². The molecule has 8 heteroatoms. The number of halogens is 1. The van der Waals surface area contributed by atoms with E-state index < -0.39 is 0 Å². The lowest BCUT2D eigenvalue weighted by Gasteiger charge is -2.21. The number of hydrogen-bond acceptors (Lipinski definition) is 7. The lowest BCUT2D eigenvalue weighted by atomic mass is 9.96. The summed E-state index contributed by atoms with van der Waals surface area (Å²) in [4.78, 5) is 2.19. The predicted molar refractivity (Wildman–Crippen MR) is 165 cm³/mol. The average molecular weight is 597 g/mol. The van der Waals surface area contributed by atoms with Gasteiger partial charge >= 0.3 is 0 Å². The molecule has 2 aliphatic heterocycles. The van der Waals surface area contributed by atoms with Gasteiger partial charge in [-0.25, -0.2) is 0 Å². The van der Waals surface area contributed by atoms with Gasteiger partial charge in [-0.1, -0.05) is 48.0 Å². The number of benzene rings is 4. The second-order valence-corrected chi connectivity index (χ2v) is 11.3. The third kappa shape index (κ3) is 6.73. The van der Waals surface area contributed by atoms with Crippen LogP contribution in [-0.4, -0.2) is 42.4 Å². The van der Waals surface area contributed by atoms with Crippen LogP contribution in [0.4, 0.5) is 0 Å². The standard InChI is InChI=1S/C35H33ClN2O5/c1-23-27(6-3-7-30(23)26-8-9-32-35(16-26)41-13-12-40-32)22-43-34-17-33(42-21-25-5-2-4-24(14-25)18-37)28(15-31(34)36)19-38-11-10-29(39)20-38/h2-9,14-17,29,39H,10-13,19-22H2,1H3/t29-/m0/s1. The summed E-state index contributed by atoms with van der Waals surface area (Å²) in [6.45, 7) is 5.82. The van der Waals surface area contributed by atoms with Crippen LogP contribution in [0, 0.1) is 18.3 Å². The van der Waals surface area contributed by atoms with Crippen LogP contribution in [0.25, 0.3) is 11.1 Å². The van der Waals surface area contributed by atoms with Crippen LogP contribution in [0.15, 0.2) is 72.8 Å². The van der Waals surface area contributed by atoms with Crippen molar-refractivity contribution in [1.29, 1.82) is 5.26 Å². The third-order valence-electron chi connectivity index (χ3n) is 7.89. The number of aliphatic hydroxyl groups is 1. The van der Waals surface area contributed by atoms with Gasteiger partial charge < -0.3 is 24.1 Å². The summed E-state index contributed by atoms with van der Waals surface area (Å²) < 4.78 is 24.1. The summed E-state index contributed by atoms with van der Waals surface area (Å²) in [7, 11) is 0. The molecule has 0 aliphatic carbocycles. The first-order valence-corrected chi connectivity index (χ1v) is 14.8. The summed E-state index contributed by atoms with van der Waals surface area (Å²) in [6.07, 6.45) is 0.425. The van der Waals surface area contributed by atoms with Gasteiger partial charge in [0.1, 0.15) is 37.9 Å². The summed E-state index contributed by atoms with van der Waals surface area (Å²) in [5.74, 6) is 2.70. The van der Waals surface area contributed by atoms with Crippen molar-refractivity contribution in [3.63, 3.8) is 0 Å². The molecule has 1 fully saturated rings. The minimum Gasteiger partial charge on any atom is -0.488 e. The first kappa shape index (κ1) is 28.9. The van der Waals surface area contributed by atoms with E-state index in [0.29, 0.717) is 61.6 Å². The molecule has 1 atom stereocenters. The van der Waals surface area contributed by atoms with E-state index >= 15 is 0 Å². The molecule has 2 heterocycles. The molecule has 4 aromatic carbocycles. The fourth-order valence-corrected chi connectivity index (χ4v) is 5.79. The first-order chi connectivity index (χ1) is 21.0. The number of aliphatic hydroxyl groups excluding tert-OH is 1. The lowest BCUT2D eigenvalue weighted by Crippen LogP contribution is -2.22. The maximum absolute atomic E-state index is 10.0. The Morgan fingerprint density at radius 3 is 2.56 bits per heavy atom. The number of nitriles is 1. The number of hydrogen-bond donors (Lipinski definition) is 1. The maximum Gasteiger partial charge on any atom is 0.161 e. The average Bonchev–Trinajstić information content (AvgIpc) is 3.44. The van der Waals surface area contributed by atoms with Gasteiger partial charge in [0.05, 0.1) is 22.8 Å². The molecule has 0 bridgehead atoms. The van der Waals surface area contributed by atoms with E-state index in [2.05, 4.69) is 30.0 Å². The Balaban J connectivity index is 1.23. The second kappa shape index (κ2) is 13.0. The number of rotatable bonds is 9. The van der Waals surface area contributed by atoms with Crippen LogP contribution in [0.2, 0.25) is 5.02 Å². The Labute approximate surface area is 256 Å². The van der Waals surface area contributed by atoms with Crippen molar-refractivity contribution >= 4 is 11.6 Å². The second-order valence-electron chi connectivity index (χ2n) is 10.9. The molecule has 0 radical (unpaired) electrons. The Hall–Kier alpha value is -4.22. The highest BCUT2D eigenvalue weighted by Crippen LogP contribution is 2.38. The van der Waals surface area contributed by atoms with Gasteiger partial charge in [0.15, 0.2) is 11.5 Å². The SMILES string of the molecule is Cc1c(COc2cc(OCc3cccc(C#N)c3)c(CN3CC[C@H](O)C3)cc2Cl)cccc1-c1ccc2c(c1)OCCO2. The van der Waals surface area contributed by atoms with Gasteiger partial charge in [-0.2, -0.15) is 5.26 Å². The smallest absolute Gasteiger partial charge is 0.161 e. The molecule has 1 N–H and O–H groups in total.